The number of nitrogens with zero attached hydrogens (tertiary/aromatic N) is 2. The van der Waals surface area contributed by atoms with E-state index in [1.54, 1.807) is 0 Å². The van der Waals surface area contributed by atoms with Gasteiger partial charge < -0.3 is 14.9 Å². The molecule has 0 saturated carbocycles. The first-order valence-electron chi connectivity index (χ1n) is 8.41. The van der Waals surface area contributed by atoms with E-state index in [4.69, 9.17) is 14.9 Å². The minimum Gasteiger partial charge on any atom is -0.480 e. The quantitative estimate of drug-likeness (QED) is 0.390. The van der Waals surface area contributed by atoms with Gasteiger partial charge in [-0.2, -0.15) is 0 Å². The number of rotatable bonds is 13. The largest absolute Gasteiger partial charge is 0.480 e. The number of aliphatic carboxylic acids is 2. The van der Waals surface area contributed by atoms with Crippen LogP contribution in [-0.2, 0) is 14.3 Å². The van der Waals surface area contributed by atoms with Crippen molar-refractivity contribution in [3.8, 4) is 0 Å². The van der Waals surface area contributed by atoms with E-state index in [9.17, 15) is 9.59 Å². The molecule has 0 radical (unpaired) electrons. The van der Waals surface area contributed by atoms with Gasteiger partial charge in [0.15, 0.2) is 6.54 Å². The topological polar surface area (TPSA) is 90.1 Å². The van der Waals surface area contributed by atoms with Crippen LogP contribution in [0.4, 0.5) is 0 Å². The smallest absolute Gasteiger partial charge is 0.345 e. The molecule has 0 aromatic rings. The van der Waals surface area contributed by atoms with Gasteiger partial charge in [0.2, 0.25) is 5.84 Å². The molecular formula is C16H29N2O5+. The summed E-state index contributed by atoms with van der Waals surface area (Å²) in [5.41, 5.74) is 0. The molecule has 0 bridgehead atoms. The third-order valence-corrected chi connectivity index (χ3v) is 3.93. The Morgan fingerprint density at radius 2 is 1.91 bits per heavy atom. The highest BCUT2D eigenvalue weighted by molar-refractivity contribution is 5.79. The van der Waals surface area contributed by atoms with Gasteiger partial charge in [-0.15, -0.1) is 0 Å². The van der Waals surface area contributed by atoms with E-state index < -0.39 is 11.9 Å². The molecule has 0 aliphatic carbocycles. The van der Waals surface area contributed by atoms with E-state index >= 15 is 0 Å². The summed E-state index contributed by atoms with van der Waals surface area (Å²) in [6, 6.07) is 0. The minimum absolute atomic E-state index is 0.0246. The molecular weight excluding hydrogens is 300 g/mol. The van der Waals surface area contributed by atoms with Gasteiger partial charge in [0, 0.05) is 6.42 Å². The van der Waals surface area contributed by atoms with Crippen molar-refractivity contribution in [2.75, 3.05) is 39.4 Å². The fraction of sp³-hybridized carbons (Fsp3) is 0.812. The Morgan fingerprint density at radius 1 is 1.17 bits per heavy atom. The molecule has 0 saturated heterocycles. The first-order valence-corrected chi connectivity index (χ1v) is 8.41. The van der Waals surface area contributed by atoms with E-state index in [0.29, 0.717) is 19.7 Å². The number of ether oxygens (including phenoxy) is 1. The second-order valence-corrected chi connectivity index (χ2v) is 5.83. The summed E-state index contributed by atoms with van der Waals surface area (Å²) in [5, 5.41) is 17.6. The highest BCUT2D eigenvalue weighted by atomic mass is 16.5. The van der Waals surface area contributed by atoms with Gasteiger partial charge in [0.1, 0.15) is 26.2 Å². The van der Waals surface area contributed by atoms with Gasteiger partial charge in [-0.05, 0) is 6.42 Å². The molecule has 0 aromatic carbocycles. The maximum Gasteiger partial charge on any atom is 0.345 e. The van der Waals surface area contributed by atoms with Crippen molar-refractivity contribution in [2.24, 2.45) is 0 Å². The van der Waals surface area contributed by atoms with Crippen molar-refractivity contribution in [1.29, 1.82) is 0 Å². The van der Waals surface area contributed by atoms with E-state index in [0.717, 1.165) is 31.6 Å². The molecule has 0 atom stereocenters. The van der Waals surface area contributed by atoms with Crippen LogP contribution >= 0.6 is 0 Å². The van der Waals surface area contributed by atoms with E-state index in [-0.39, 0.29) is 13.2 Å². The summed E-state index contributed by atoms with van der Waals surface area (Å²) < 4.78 is 7.01. The predicted octanol–water partition coefficient (Wildman–Crippen LogP) is 1.26. The normalized spacial score (nSPS) is 14.6. The molecule has 1 rings (SSSR count). The number of carbonyl (C=O) groups is 2. The van der Waals surface area contributed by atoms with E-state index in [1.165, 1.54) is 19.3 Å². The minimum atomic E-state index is -0.973. The van der Waals surface area contributed by atoms with Crippen LogP contribution in [0.3, 0.4) is 0 Å². The van der Waals surface area contributed by atoms with Crippen LogP contribution in [0.15, 0.2) is 0 Å². The number of hydrogen-bond donors (Lipinski definition) is 2. The zero-order valence-electron chi connectivity index (χ0n) is 14.0. The Bertz CT molecular complexity index is 423. The Kier molecular flexibility index (Phi) is 9.28. The van der Waals surface area contributed by atoms with Crippen LogP contribution < -0.4 is 0 Å². The van der Waals surface area contributed by atoms with Gasteiger partial charge in [0.05, 0.1) is 6.61 Å². The molecule has 23 heavy (non-hydrogen) atoms. The Hall–Kier alpha value is -1.63. The summed E-state index contributed by atoms with van der Waals surface area (Å²) >= 11 is 0. The van der Waals surface area contributed by atoms with Crippen LogP contribution in [0.5, 0.6) is 0 Å². The maximum atomic E-state index is 11.0. The molecule has 1 heterocycles. The summed E-state index contributed by atoms with van der Waals surface area (Å²) in [6.07, 6.45) is 6.73. The van der Waals surface area contributed by atoms with E-state index in [2.05, 4.69) is 11.8 Å². The maximum absolute atomic E-state index is 11.0. The highest BCUT2D eigenvalue weighted by Crippen LogP contribution is 2.11. The lowest BCUT2D eigenvalue weighted by molar-refractivity contribution is -0.509. The van der Waals surface area contributed by atoms with Gasteiger partial charge in [0.25, 0.3) is 0 Å². The lowest BCUT2D eigenvalue weighted by Crippen LogP contribution is -2.33. The summed E-state index contributed by atoms with van der Waals surface area (Å²) in [6.45, 7) is 4.33. The van der Waals surface area contributed by atoms with E-state index in [1.807, 2.05) is 4.58 Å². The van der Waals surface area contributed by atoms with Crippen molar-refractivity contribution in [1.82, 2.24) is 4.90 Å². The van der Waals surface area contributed by atoms with Crippen LogP contribution in [0.1, 0.15) is 45.4 Å². The van der Waals surface area contributed by atoms with Gasteiger partial charge >= 0.3 is 11.9 Å². The Morgan fingerprint density at radius 3 is 2.57 bits per heavy atom. The first-order chi connectivity index (χ1) is 11.0. The number of unbranched alkanes of at least 4 members (excludes halogenated alkanes) is 4. The molecule has 0 aromatic heterocycles. The Balaban J connectivity index is 2.49. The lowest BCUT2D eigenvalue weighted by atomic mass is 10.1. The van der Waals surface area contributed by atoms with Gasteiger partial charge in [-0.1, -0.05) is 32.6 Å². The average Bonchev–Trinajstić information content (AvgIpc) is 2.85. The fourth-order valence-electron chi connectivity index (χ4n) is 2.81. The molecule has 7 nitrogen and oxygen atoms in total. The zero-order chi connectivity index (χ0) is 17.1. The number of carboxylic acids is 2. The van der Waals surface area contributed by atoms with Crippen LogP contribution in [0, 0.1) is 0 Å². The first kappa shape index (κ1) is 19.4. The van der Waals surface area contributed by atoms with Crippen molar-refractivity contribution < 1.29 is 29.1 Å². The number of carboxylic acid groups (broad SMARTS) is 2. The summed E-state index contributed by atoms with van der Waals surface area (Å²) in [4.78, 5) is 23.6. The standard InChI is InChI=1S/C16H28N2O5/c1-2-3-4-5-6-7-14-17(10-11-23-13-16(21)22)8-9-18(14)12-15(19)20/h2-13H2,1H3,(H-,19,20,21,22)/p+1. The molecule has 0 amide bonds. The molecule has 0 unspecified atom stereocenters. The highest BCUT2D eigenvalue weighted by Gasteiger charge is 2.30. The SMILES string of the molecule is CCCCCCCC1=[N+](CC(=O)O)CCN1CCOCC(=O)O. The van der Waals surface area contributed by atoms with Gasteiger partial charge in [-0.3, -0.25) is 9.48 Å². The molecule has 7 heteroatoms. The van der Waals surface area contributed by atoms with Crippen LogP contribution in [0.25, 0.3) is 0 Å². The van der Waals surface area contributed by atoms with Crippen LogP contribution in [0.2, 0.25) is 0 Å². The summed E-state index contributed by atoms with van der Waals surface area (Å²) in [5.74, 6) is -0.737. The number of hydrogen-bond acceptors (Lipinski definition) is 4. The number of amidine groups is 1. The Labute approximate surface area is 137 Å². The third kappa shape index (κ3) is 7.97. The predicted molar refractivity (Wildman–Crippen MR) is 86.0 cm³/mol. The van der Waals surface area contributed by atoms with Crippen molar-refractivity contribution in [3.63, 3.8) is 0 Å². The molecule has 1 aliphatic rings. The second kappa shape index (κ2) is 11.0. The lowest BCUT2D eigenvalue weighted by Gasteiger charge is -2.13. The van der Waals surface area contributed by atoms with Crippen molar-refractivity contribution in [2.45, 2.75) is 45.4 Å². The second-order valence-electron chi connectivity index (χ2n) is 5.83. The molecule has 2 N–H and O–H groups in total. The van der Waals surface area contributed by atoms with Crippen molar-refractivity contribution >= 4 is 17.8 Å². The summed E-state index contributed by atoms with van der Waals surface area (Å²) in [7, 11) is 0. The third-order valence-electron chi connectivity index (χ3n) is 3.93. The molecule has 0 spiro atoms. The monoisotopic (exact) mass is 329 g/mol. The average molecular weight is 329 g/mol. The fourth-order valence-corrected chi connectivity index (χ4v) is 2.81. The zero-order valence-corrected chi connectivity index (χ0v) is 14.0. The van der Waals surface area contributed by atoms with Crippen molar-refractivity contribution in [3.05, 3.63) is 0 Å². The molecule has 132 valence electrons. The molecule has 0 fully saturated rings. The molecule has 1 aliphatic heterocycles. The van der Waals surface area contributed by atoms with Gasteiger partial charge in [-0.25, -0.2) is 9.59 Å². The van der Waals surface area contributed by atoms with Crippen LogP contribution in [-0.4, -0.2) is 76.9 Å².